The van der Waals surface area contributed by atoms with Crippen LogP contribution >= 0.6 is 0 Å². The van der Waals surface area contributed by atoms with Crippen LogP contribution in [0.2, 0.25) is 0 Å². The van der Waals surface area contributed by atoms with Crippen molar-refractivity contribution in [3.8, 4) is 0 Å². The van der Waals surface area contributed by atoms with Crippen LogP contribution in [0.25, 0.3) is 0 Å². The van der Waals surface area contributed by atoms with Crippen molar-refractivity contribution in [2.24, 2.45) is 0 Å². The summed E-state index contributed by atoms with van der Waals surface area (Å²) >= 11 is 0. The number of carboxylic acid groups (broad SMARTS) is 1. The van der Waals surface area contributed by atoms with Crippen LogP contribution in [0.1, 0.15) is 22.1 Å². The van der Waals surface area contributed by atoms with Gasteiger partial charge >= 0.3 is 5.97 Å². The molecule has 0 spiro atoms. The van der Waals surface area contributed by atoms with E-state index in [9.17, 15) is 9.90 Å². The second-order valence-corrected chi connectivity index (χ2v) is 4.55. The van der Waals surface area contributed by atoms with Gasteiger partial charge < -0.3 is 15.4 Å². The molecule has 0 aliphatic carbocycles. The number of benzene rings is 1. The van der Waals surface area contributed by atoms with Crippen molar-refractivity contribution in [3.05, 3.63) is 53.9 Å². The molecule has 2 aromatic rings. The molecule has 102 valence electrons. The third-order valence-electron chi connectivity index (χ3n) is 3.28. The van der Waals surface area contributed by atoms with Crippen molar-refractivity contribution >= 4 is 17.3 Å². The summed E-state index contributed by atoms with van der Waals surface area (Å²) in [7, 11) is 1.92. The first kappa shape index (κ1) is 12.4. The number of nitrogens with zero attached hydrogens (tertiary/aromatic N) is 2. The summed E-state index contributed by atoms with van der Waals surface area (Å²) in [5.74, 6) is -0.977. The lowest BCUT2D eigenvalue weighted by atomic mass is 10.1. The van der Waals surface area contributed by atoms with Gasteiger partial charge in [-0.15, -0.1) is 0 Å². The molecule has 1 unspecified atom stereocenters. The van der Waals surface area contributed by atoms with Gasteiger partial charge in [-0.25, -0.2) is 10.2 Å². The van der Waals surface area contributed by atoms with Crippen LogP contribution in [0.15, 0.2) is 42.7 Å². The van der Waals surface area contributed by atoms with Crippen molar-refractivity contribution in [1.29, 1.82) is 0 Å². The highest BCUT2D eigenvalue weighted by molar-refractivity contribution is 5.94. The second kappa shape index (κ2) is 4.82. The molecule has 0 fully saturated rings. The Morgan fingerprint density at radius 3 is 3.00 bits per heavy atom. The molecule has 6 nitrogen and oxygen atoms in total. The molecule has 0 saturated carbocycles. The molecule has 1 atom stereocenters. The summed E-state index contributed by atoms with van der Waals surface area (Å²) < 4.78 is 0. The molecule has 6 heteroatoms. The van der Waals surface area contributed by atoms with E-state index in [1.165, 1.54) is 18.5 Å². The van der Waals surface area contributed by atoms with Gasteiger partial charge in [-0.05, 0) is 12.1 Å². The lowest BCUT2D eigenvalue weighted by Gasteiger charge is -2.18. The highest BCUT2D eigenvalue weighted by Gasteiger charge is 2.26. The van der Waals surface area contributed by atoms with Crippen molar-refractivity contribution in [3.63, 3.8) is 0 Å². The number of aromatic carboxylic acids is 1. The number of nitrogens with one attached hydrogen (secondary N) is 2. The van der Waals surface area contributed by atoms with Crippen LogP contribution in [0.3, 0.4) is 0 Å². The smallest absolute Gasteiger partial charge is 0.337 e. The zero-order valence-corrected chi connectivity index (χ0v) is 10.9. The summed E-state index contributed by atoms with van der Waals surface area (Å²) in [5, 5.41) is 14.3. The molecule has 20 heavy (non-hydrogen) atoms. The quantitative estimate of drug-likeness (QED) is 0.790. The zero-order valence-electron chi connectivity index (χ0n) is 10.9. The largest absolute Gasteiger partial charge is 0.478 e. The minimum absolute atomic E-state index is 0.182. The van der Waals surface area contributed by atoms with E-state index in [4.69, 9.17) is 0 Å². The Morgan fingerprint density at radius 2 is 2.20 bits per heavy atom. The van der Waals surface area contributed by atoms with Crippen molar-refractivity contribution in [2.45, 2.75) is 6.17 Å². The minimum atomic E-state index is -0.977. The molecule has 3 rings (SSSR count). The predicted octanol–water partition coefficient (Wildman–Crippen LogP) is 1.84. The molecule has 1 aromatic heterocycles. The number of anilines is 2. The molecule has 3 N–H and O–H groups in total. The Balaban J connectivity index is 1.92. The fourth-order valence-electron chi connectivity index (χ4n) is 2.33. The van der Waals surface area contributed by atoms with Crippen LogP contribution in [0.5, 0.6) is 0 Å². The summed E-state index contributed by atoms with van der Waals surface area (Å²) in [6.45, 7) is 0. The molecule has 0 bridgehead atoms. The number of carbonyl (C=O) groups is 1. The average molecular weight is 270 g/mol. The van der Waals surface area contributed by atoms with E-state index in [1.807, 2.05) is 36.3 Å². The molecule has 0 amide bonds. The van der Waals surface area contributed by atoms with Gasteiger partial charge in [0, 0.05) is 18.8 Å². The number of hydrazine groups is 1. The van der Waals surface area contributed by atoms with E-state index in [1.54, 1.807) is 0 Å². The normalized spacial score (nSPS) is 16.9. The lowest BCUT2D eigenvalue weighted by Crippen LogP contribution is -2.34. The first-order valence-corrected chi connectivity index (χ1v) is 6.19. The number of fused-ring (bicyclic) bond motifs is 1. The molecule has 1 aliphatic heterocycles. The van der Waals surface area contributed by atoms with Crippen molar-refractivity contribution in [2.75, 3.05) is 17.4 Å². The first-order valence-electron chi connectivity index (χ1n) is 6.19. The first-order chi connectivity index (χ1) is 9.66. The van der Waals surface area contributed by atoms with Gasteiger partial charge in [-0.2, -0.15) is 0 Å². The second-order valence-electron chi connectivity index (χ2n) is 4.55. The van der Waals surface area contributed by atoms with E-state index in [0.717, 1.165) is 11.3 Å². The average Bonchev–Trinajstić information content (AvgIpc) is 2.76. The van der Waals surface area contributed by atoms with E-state index < -0.39 is 5.97 Å². The molecule has 0 saturated heterocycles. The van der Waals surface area contributed by atoms with Gasteiger partial charge in [0.15, 0.2) is 0 Å². The van der Waals surface area contributed by atoms with Crippen molar-refractivity contribution < 1.29 is 9.90 Å². The van der Waals surface area contributed by atoms with Crippen LogP contribution < -0.4 is 15.8 Å². The van der Waals surface area contributed by atoms with Crippen LogP contribution in [-0.4, -0.2) is 23.1 Å². The third kappa shape index (κ3) is 2.06. The van der Waals surface area contributed by atoms with Crippen molar-refractivity contribution in [1.82, 2.24) is 10.4 Å². The number of aromatic nitrogens is 1. The maximum Gasteiger partial charge on any atom is 0.337 e. The van der Waals surface area contributed by atoms with Gasteiger partial charge in [-0.3, -0.25) is 4.98 Å². The van der Waals surface area contributed by atoms with Gasteiger partial charge in [0.2, 0.25) is 0 Å². The number of hydrogen-bond acceptors (Lipinski definition) is 5. The Kier molecular flexibility index (Phi) is 3.00. The van der Waals surface area contributed by atoms with Gasteiger partial charge in [0.25, 0.3) is 0 Å². The monoisotopic (exact) mass is 270 g/mol. The molecular formula is C14H14N4O2. The van der Waals surface area contributed by atoms with Gasteiger partial charge in [0.05, 0.1) is 23.1 Å². The van der Waals surface area contributed by atoms with Crippen LogP contribution in [-0.2, 0) is 0 Å². The van der Waals surface area contributed by atoms with Crippen LogP contribution in [0.4, 0.5) is 11.4 Å². The summed E-state index contributed by atoms with van der Waals surface area (Å²) in [5.41, 5.74) is 6.05. The van der Waals surface area contributed by atoms with E-state index in [0.29, 0.717) is 5.69 Å². The summed E-state index contributed by atoms with van der Waals surface area (Å²) in [6, 6.07) is 9.41. The number of hydrogen-bond donors (Lipinski definition) is 3. The number of pyridine rings is 1. The molecular weight excluding hydrogens is 256 g/mol. The van der Waals surface area contributed by atoms with Crippen LogP contribution in [0, 0.1) is 0 Å². The highest BCUT2D eigenvalue weighted by atomic mass is 16.4. The standard InChI is InChI=1S/C14H14N4O2/c1-18-12-5-3-2-4-10(12)13(17-18)16-11-8-15-7-6-9(11)14(19)20/h2-8,13,16-17H,1H3,(H,19,20). The maximum atomic E-state index is 11.2. The Bertz CT molecular complexity index is 659. The molecule has 0 radical (unpaired) electrons. The Labute approximate surface area is 116 Å². The summed E-state index contributed by atoms with van der Waals surface area (Å²) in [6.07, 6.45) is 2.81. The van der Waals surface area contributed by atoms with E-state index in [2.05, 4.69) is 15.7 Å². The SMILES string of the molecule is CN1NC(Nc2cnccc2C(=O)O)c2ccccc21. The van der Waals surface area contributed by atoms with E-state index >= 15 is 0 Å². The van der Waals surface area contributed by atoms with Gasteiger partial charge in [0.1, 0.15) is 6.17 Å². The summed E-state index contributed by atoms with van der Waals surface area (Å²) in [4.78, 5) is 15.2. The minimum Gasteiger partial charge on any atom is -0.478 e. The maximum absolute atomic E-state index is 11.2. The fourth-order valence-corrected chi connectivity index (χ4v) is 2.33. The highest BCUT2D eigenvalue weighted by Crippen LogP contribution is 2.32. The molecule has 1 aromatic carbocycles. The Morgan fingerprint density at radius 1 is 1.40 bits per heavy atom. The predicted molar refractivity (Wildman–Crippen MR) is 75.5 cm³/mol. The number of rotatable bonds is 3. The Hall–Kier alpha value is -2.60. The fraction of sp³-hybridized carbons (Fsp3) is 0.143. The molecule has 2 heterocycles. The van der Waals surface area contributed by atoms with Gasteiger partial charge in [-0.1, -0.05) is 18.2 Å². The van der Waals surface area contributed by atoms with E-state index in [-0.39, 0.29) is 11.7 Å². The lowest BCUT2D eigenvalue weighted by molar-refractivity contribution is 0.0697. The molecule has 1 aliphatic rings. The number of carboxylic acids is 1. The number of para-hydroxylation sites is 1. The topological polar surface area (TPSA) is 77.5 Å². The zero-order chi connectivity index (χ0) is 14.1. The third-order valence-corrected chi connectivity index (χ3v) is 3.28.